The molecule has 1 aliphatic rings. The average molecular weight is 378 g/mol. The first kappa shape index (κ1) is 16.3. The summed E-state index contributed by atoms with van der Waals surface area (Å²) in [6.45, 7) is 1.97. The Hall–Kier alpha value is -1.12. The zero-order valence-corrected chi connectivity index (χ0v) is 13.7. The van der Waals surface area contributed by atoms with E-state index in [1.807, 2.05) is 23.1 Å². The molecule has 1 aliphatic heterocycles. The van der Waals surface area contributed by atoms with Gasteiger partial charge in [0, 0.05) is 29.7 Å². The summed E-state index contributed by atoms with van der Waals surface area (Å²) in [6.07, 6.45) is 0. The predicted octanol–water partition coefficient (Wildman–Crippen LogP) is 1.14. The summed E-state index contributed by atoms with van der Waals surface area (Å²) in [7, 11) is -3.57. The van der Waals surface area contributed by atoms with E-state index in [1.165, 1.54) is 0 Å². The lowest BCUT2D eigenvalue weighted by Crippen LogP contribution is -2.32. The SMILES string of the molecule is O=C(O)CS(=O)(=O)CCN1CCOc2cc(Br)ccc2C1. The number of aliphatic carboxylic acids is 1. The Bertz CT molecular complexity index is 631. The van der Waals surface area contributed by atoms with Gasteiger partial charge in [0.1, 0.15) is 18.1 Å². The topological polar surface area (TPSA) is 83.9 Å². The molecule has 0 saturated carbocycles. The standard InChI is InChI=1S/C13H16BrNO5S/c14-11-2-1-10-8-15(3-5-20-12(10)7-11)4-6-21(18,19)9-13(16)17/h1-2,7H,3-6,8-9H2,(H,16,17). The van der Waals surface area contributed by atoms with Crippen molar-refractivity contribution in [2.24, 2.45) is 0 Å². The normalized spacial score (nSPS) is 15.9. The first-order chi connectivity index (χ1) is 9.85. The zero-order chi connectivity index (χ0) is 15.5. The van der Waals surface area contributed by atoms with Gasteiger partial charge in [-0.15, -0.1) is 0 Å². The van der Waals surface area contributed by atoms with E-state index in [0.717, 1.165) is 15.8 Å². The van der Waals surface area contributed by atoms with E-state index in [4.69, 9.17) is 9.84 Å². The van der Waals surface area contributed by atoms with Gasteiger partial charge in [-0.2, -0.15) is 0 Å². The fraction of sp³-hybridized carbons (Fsp3) is 0.462. The van der Waals surface area contributed by atoms with Crippen molar-refractivity contribution in [1.82, 2.24) is 4.90 Å². The lowest BCUT2D eigenvalue weighted by Gasteiger charge is -2.18. The highest BCUT2D eigenvalue weighted by molar-refractivity contribution is 9.10. The van der Waals surface area contributed by atoms with Gasteiger partial charge < -0.3 is 9.84 Å². The second-order valence-electron chi connectivity index (χ2n) is 4.86. The molecule has 0 unspecified atom stereocenters. The fourth-order valence-electron chi connectivity index (χ4n) is 2.12. The molecule has 0 atom stereocenters. The van der Waals surface area contributed by atoms with Gasteiger partial charge in [0.15, 0.2) is 9.84 Å². The lowest BCUT2D eigenvalue weighted by molar-refractivity contribution is -0.134. The Morgan fingerprint density at radius 3 is 2.90 bits per heavy atom. The molecule has 0 fully saturated rings. The van der Waals surface area contributed by atoms with E-state index in [1.54, 1.807) is 0 Å². The maximum atomic E-state index is 11.6. The highest BCUT2D eigenvalue weighted by Crippen LogP contribution is 2.26. The number of sulfone groups is 1. The smallest absolute Gasteiger partial charge is 0.318 e. The highest BCUT2D eigenvalue weighted by atomic mass is 79.9. The van der Waals surface area contributed by atoms with E-state index in [9.17, 15) is 13.2 Å². The van der Waals surface area contributed by atoms with Crippen LogP contribution in [0.3, 0.4) is 0 Å². The maximum Gasteiger partial charge on any atom is 0.318 e. The minimum absolute atomic E-state index is 0.162. The van der Waals surface area contributed by atoms with E-state index in [2.05, 4.69) is 15.9 Å². The van der Waals surface area contributed by atoms with Crippen LogP contribution in [0.1, 0.15) is 5.56 Å². The van der Waals surface area contributed by atoms with E-state index < -0.39 is 21.6 Å². The quantitative estimate of drug-likeness (QED) is 0.828. The van der Waals surface area contributed by atoms with Crippen LogP contribution >= 0.6 is 15.9 Å². The van der Waals surface area contributed by atoms with Crippen LogP contribution in [-0.4, -0.2) is 55.6 Å². The van der Waals surface area contributed by atoms with Crippen LogP contribution in [0.2, 0.25) is 0 Å². The van der Waals surface area contributed by atoms with E-state index >= 15 is 0 Å². The Morgan fingerprint density at radius 1 is 1.43 bits per heavy atom. The van der Waals surface area contributed by atoms with Crippen LogP contribution in [-0.2, 0) is 21.2 Å². The molecule has 2 rings (SSSR count). The number of halogens is 1. The molecule has 0 aromatic heterocycles. The van der Waals surface area contributed by atoms with Crippen molar-refractivity contribution in [2.75, 3.05) is 31.2 Å². The summed E-state index contributed by atoms with van der Waals surface area (Å²) in [5.74, 6) is -1.50. The van der Waals surface area contributed by atoms with Gasteiger partial charge >= 0.3 is 5.97 Å². The van der Waals surface area contributed by atoms with Gasteiger partial charge in [-0.05, 0) is 12.1 Å². The number of rotatable bonds is 5. The summed E-state index contributed by atoms with van der Waals surface area (Å²) in [4.78, 5) is 12.5. The van der Waals surface area contributed by atoms with Crippen molar-refractivity contribution in [3.63, 3.8) is 0 Å². The predicted molar refractivity (Wildman–Crippen MR) is 81.2 cm³/mol. The maximum absolute atomic E-state index is 11.6. The number of carbonyl (C=O) groups is 1. The molecule has 0 bridgehead atoms. The van der Waals surface area contributed by atoms with Crippen molar-refractivity contribution in [3.05, 3.63) is 28.2 Å². The fourth-order valence-corrected chi connectivity index (χ4v) is 3.51. The Morgan fingerprint density at radius 2 is 2.19 bits per heavy atom. The molecule has 6 nitrogen and oxygen atoms in total. The van der Waals surface area contributed by atoms with Crippen molar-refractivity contribution in [1.29, 1.82) is 0 Å². The number of fused-ring (bicyclic) bond motifs is 1. The van der Waals surface area contributed by atoms with Crippen LogP contribution in [0.15, 0.2) is 22.7 Å². The van der Waals surface area contributed by atoms with E-state index in [0.29, 0.717) is 26.2 Å². The third-order valence-corrected chi connectivity index (χ3v) is 5.13. The largest absolute Gasteiger partial charge is 0.492 e. The molecular weight excluding hydrogens is 362 g/mol. The lowest BCUT2D eigenvalue weighted by atomic mass is 10.2. The highest BCUT2D eigenvalue weighted by Gasteiger charge is 2.20. The second kappa shape index (κ2) is 6.76. The molecule has 0 aliphatic carbocycles. The second-order valence-corrected chi connectivity index (χ2v) is 7.96. The third-order valence-electron chi connectivity index (χ3n) is 3.15. The zero-order valence-electron chi connectivity index (χ0n) is 11.3. The molecular formula is C13H16BrNO5S. The number of nitrogens with zero attached hydrogens (tertiary/aromatic N) is 1. The van der Waals surface area contributed by atoms with Gasteiger partial charge in [-0.1, -0.05) is 22.0 Å². The van der Waals surface area contributed by atoms with Gasteiger partial charge in [0.05, 0.1) is 5.75 Å². The number of benzene rings is 1. The summed E-state index contributed by atoms with van der Waals surface area (Å²) >= 11 is 3.38. The van der Waals surface area contributed by atoms with Crippen molar-refractivity contribution >= 4 is 31.7 Å². The number of ether oxygens (including phenoxy) is 1. The van der Waals surface area contributed by atoms with Crippen molar-refractivity contribution in [3.8, 4) is 5.75 Å². The molecule has 1 aromatic rings. The third kappa shape index (κ3) is 4.98. The molecule has 1 N–H and O–H groups in total. The Labute approximate surface area is 131 Å². The van der Waals surface area contributed by atoms with Gasteiger partial charge in [-0.3, -0.25) is 9.69 Å². The van der Waals surface area contributed by atoms with Crippen molar-refractivity contribution < 1.29 is 23.1 Å². The van der Waals surface area contributed by atoms with Crippen LogP contribution in [0.5, 0.6) is 5.75 Å². The molecule has 0 radical (unpaired) electrons. The first-order valence-electron chi connectivity index (χ1n) is 6.41. The van der Waals surface area contributed by atoms with Gasteiger partial charge in [0.25, 0.3) is 0 Å². The van der Waals surface area contributed by atoms with Gasteiger partial charge in [0.2, 0.25) is 0 Å². The number of carboxylic acid groups (broad SMARTS) is 1. The minimum atomic E-state index is -3.57. The van der Waals surface area contributed by atoms with Crippen LogP contribution in [0.25, 0.3) is 0 Å². The Kier molecular flexibility index (Phi) is 5.23. The molecule has 0 saturated heterocycles. The van der Waals surface area contributed by atoms with Gasteiger partial charge in [-0.25, -0.2) is 8.42 Å². The monoisotopic (exact) mass is 377 g/mol. The van der Waals surface area contributed by atoms with Crippen LogP contribution < -0.4 is 4.74 Å². The number of hydrogen-bond donors (Lipinski definition) is 1. The number of carboxylic acids is 1. The van der Waals surface area contributed by atoms with E-state index in [-0.39, 0.29) is 5.75 Å². The molecule has 0 amide bonds. The summed E-state index contributed by atoms with van der Waals surface area (Å²) < 4.78 is 29.8. The number of hydrogen-bond acceptors (Lipinski definition) is 5. The Balaban J connectivity index is 1.99. The van der Waals surface area contributed by atoms with Crippen LogP contribution in [0, 0.1) is 0 Å². The molecule has 1 aromatic carbocycles. The summed E-state index contributed by atoms with van der Waals surface area (Å²) in [5, 5.41) is 8.57. The first-order valence-corrected chi connectivity index (χ1v) is 9.03. The summed E-state index contributed by atoms with van der Waals surface area (Å²) in [6, 6.07) is 5.73. The molecule has 0 spiro atoms. The van der Waals surface area contributed by atoms with Crippen LogP contribution in [0.4, 0.5) is 0 Å². The molecule has 21 heavy (non-hydrogen) atoms. The van der Waals surface area contributed by atoms with Crippen molar-refractivity contribution in [2.45, 2.75) is 6.54 Å². The minimum Gasteiger partial charge on any atom is -0.492 e. The molecule has 116 valence electrons. The summed E-state index contributed by atoms with van der Waals surface area (Å²) in [5.41, 5.74) is 0.992. The molecule has 8 heteroatoms. The average Bonchev–Trinajstić information content (AvgIpc) is 2.56. The molecule has 1 heterocycles.